The number of ether oxygens (including phenoxy) is 2. The van der Waals surface area contributed by atoms with Gasteiger partial charge in [0.15, 0.2) is 28.0 Å². The Kier molecular flexibility index (Phi) is 13.9. The topological polar surface area (TPSA) is 74.2 Å². The molecular weight excluding hydrogens is 595 g/mol. The summed E-state index contributed by atoms with van der Waals surface area (Å²) in [5, 5.41) is 2.52. The van der Waals surface area contributed by atoms with E-state index in [1.807, 2.05) is 0 Å². The molecule has 0 atom stereocenters. The summed E-state index contributed by atoms with van der Waals surface area (Å²) in [6.07, 6.45) is 4.24. The number of hydrogen-bond acceptors (Lipinski definition) is 6. The van der Waals surface area contributed by atoms with Crippen molar-refractivity contribution in [3.63, 3.8) is 0 Å². The minimum atomic E-state index is -5.91. The van der Waals surface area contributed by atoms with Crippen LogP contribution in [0.3, 0.4) is 0 Å². The van der Waals surface area contributed by atoms with Crippen LogP contribution in [0, 0.1) is 23.3 Å². The van der Waals surface area contributed by atoms with E-state index in [1.54, 1.807) is 6.92 Å². The molecule has 14 heteroatoms. The molecule has 0 saturated carbocycles. The van der Waals surface area contributed by atoms with Gasteiger partial charge in [0.25, 0.3) is 0 Å². The van der Waals surface area contributed by atoms with E-state index in [-0.39, 0.29) is 19.0 Å². The molecular formula is C28H34F7NO5S. The molecule has 0 fully saturated rings. The molecule has 0 aliphatic heterocycles. The second-order valence-electron chi connectivity index (χ2n) is 9.37. The van der Waals surface area contributed by atoms with Crippen molar-refractivity contribution in [1.29, 1.82) is 0 Å². The molecule has 42 heavy (non-hydrogen) atoms. The number of alkyl halides is 3. The SMILES string of the molecule is CCCCCCCCCCCCOc1c(F)c(F)c(S(=O)(=O)O/N=C(/c2ccc(OCC)cc2)C(F)(F)F)c(F)c1F. The lowest BCUT2D eigenvalue weighted by atomic mass is 10.1. The van der Waals surface area contributed by atoms with Gasteiger partial charge in [0.2, 0.25) is 11.6 Å². The maximum Gasteiger partial charge on any atom is 0.437 e. The first kappa shape index (κ1) is 35.2. The largest absolute Gasteiger partial charge is 0.494 e. The van der Waals surface area contributed by atoms with Gasteiger partial charge in [0, 0.05) is 5.56 Å². The molecule has 0 amide bonds. The third-order valence-electron chi connectivity index (χ3n) is 6.11. The molecule has 2 aromatic rings. The van der Waals surface area contributed by atoms with Gasteiger partial charge in [-0.05, 0) is 37.6 Å². The normalized spacial score (nSPS) is 12.5. The van der Waals surface area contributed by atoms with Gasteiger partial charge in [0.1, 0.15) is 5.75 Å². The monoisotopic (exact) mass is 629 g/mol. The van der Waals surface area contributed by atoms with Crippen molar-refractivity contribution < 1.29 is 52.9 Å². The van der Waals surface area contributed by atoms with Crippen LogP contribution in [-0.4, -0.2) is 33.5 Å². The Bertz CT molecular complexity index is 1250. The molecule has 0 aliphatic carbocycles. The molecule has 0 saturated heterocycles. The van der Waals surface area contributed by atoms with E-state index >= 15 is 0 Å². The summed E-state index contributed by atoms with van der Waals surface area (Å²) >= 11 is 0. The number of benzene rings is 2. The summed E-state index contributed by atoms with van der Waals surface area (Å²) in [4.78, 5) is -2.29. The smallest absolute Gasteiger partial charge is 0.437 e. The van der Waals surface area contributed by atoms with Gasteiger partial charge in [-0.3, -0.25) is 4.28 Å². The van der Waals surface area contributed by atoms with Crippen molar-refractivity contribution in [2.75, 3.05) is 13.2 Å². The van der Waals surface area contributed by atoms with Crippen molar-refractivity contribution >= 4 is 15.8 Å². The molecule has 2 aromatic carbocycles. The second kappa shape index (κ2) is 16.6. The van der Waals surface area contributed by atoms with Crippen LogP contribution in [0.15, 0.2) is 34.3 Å². The van der Waals surface area contributed by atoms with Gasteiger partial charge in [-0.1, -0.05) is 69.9 Å². The summed E-state index contributed by atoms with van der Waals surface area (Å²) in [5.74, 6) is -10.5. The standard InChI is InChI=1S/C28H34F7NO5S/c1-3-5-6-7-8-9-10-11-12-13-18-40-25-21(29)23(31)26(24(32)22(25)30)42(37,38)41-36-27(28(33,34)35)19-14-16-20(17-15-19)39-4-2/h14-17H,3-13,18H2,1-2H3/b36-27-. The molecule has 236 valence electrons. The Balaban J connectivity index is 2.12. The van der Waals surface area contributed by atoms with E-state index in [0.29, 0.717) is 12.8 Å². The van der Waals surface area contributed by atoms with Gasteiger partial charge < -0.3 is 9.47 Å². The molecule has 0 radical (unpaired) electrons. The first-order valence-corrected chi connectivity index (χ1v) is 15.1. The van der Waals surface area contributed by atoms with Gasteiger partial charge >= 0.3 is 16.3 Å². The van der Waals surface area contributed by atoms with Crippen LogP contribution in [0.4, 0.5) is 30.7 Å². The van der Waals surface area contributed by atoms with Gasteiger partial charge in [-0.2, -0.15) is 30.4 Å². The lowest BCUT2D eigenvalue weighted by Crippen LogP contribution is -2.25. The van der Waals surface area contributed by atoms with Crippen LogP contribution in [0.25, 0.3) is 0 Å². The number of unbranched alkanes of at least 4 members (excludes halogenated alkanes) is 9. The summed E-state index contributed by atoms with van der Waals surface area (Å²) in [5.41, 5.74) is -2.58. The molecule has 0 bridgehead atoms. The van der Waals surface area contributed by atoms with Crippen molar-refractivity contribution in [1.82, 2.24) is 0 Å². The number of halogens is 7. The molecule has 0 aliphatic rings. The van der Waals surface area contributed by atoms with Crippen LogP contribution < -0.4 is 9.47 Å². The molecule has 0 N–H and O–H groups in total. The van der Waals surface area contributed by atoms with Gasteiger partial charge in [-0.15, -0.1) is 0 Å². The molecule has 0 spiro atoms. The van der Waals surface area contributed by atoms with Crippen LogP contribution in [0.1, 0.15) is 83.6 Å². The highest BCUT2D eigenvalue weighted by Crippen LogP contribution is 2.34. The zero-order valence-electron chi connectivity index (χ0n) is 23.3. The van der Waals surface area contributed by atoms with E-state index < -0.39 is 61.5 Å². The molecule has 0 unspecified atom stereocenters. The third-order valence-corrected chi connectivity index (χ3v) is 7.24. The minimum absolute atomic E-state index is 0.196. The minimum Gasteiger partial charge on any atom is -0.494 e. The fraction of sp³-hybridized carbons (Fsp3) is 0.536. The molecule has 6 nitrogen and oxygen atoms in total. The summed E-state index contributed by atoms with van der Waals surface area (Å²) in [6.45, 7) is 3.67. The quantitative estimate of drug-likeness (QED) is 0.0543. The molecule has 2 rings (SSSR count). The fourth-order valence-electron chi connectivity index (χ4n) is 3.97. The Morgan fingerprint density at radius 3 is 1.71 bits per heavy atom. The maximum absolute atomic E-state index is 14.6. The van der Waals surface area contributed by atoms with Crippen LogP contribution >= 0.6 is 0 Å². The Morgan fingerprint density at radius 2 is 1.24 bits per heavy atom. The van der Waals surface area contributed by atoms with E-state index in [2.05, 4.69) is 16.4 Å². The lowest BCUT2D eigenvalue weighted by Gasteiger charge is -2.14. The Morgan fingerprint density at radius 1 is 0.738 bits per heavy atom. The third kappa shape index (κ3) is 10.1. The fourth-order valence-corrected chi connectivity index (χ4v) is 4.83. The Hall–Kier alpha value is -3.03. The lowest BCUT2D eigenvalue weighted by molar-refractivity contribution is -0.0597. The zero-order valence-corrected chi connectivity index (χ0v) is 24.2. The average molecular weight is 630 g/mol. The van der Waals surface area contributed by atoms with Gasteiger partial charge in [-0.25, -0.2) is 8.78 Å². The number of oxime groups is 1. The zero-order chi connectivity index (χ0) is 31.3. The van der Waals surface area contributed by atoms with Gasteiger partial charge in [0.05, 0.1) is 13.2 Å². The predicted molar refractivity (Wildman–Crippen MR) is 142 cm³/mol. The number of nitrogens with zero attached hydrogens (tertiary/aromatic N) is 1. The van der Waals surface area contributed by atoms with Crippen molar-refractivity contribution in [3.05, 3.63) is 53.1 Å². The van der Waals surface area contributed by atoms with Crippen LogP contribution in [0.2, 0.25) is 0 Å². The van der Waals surface area contributed by atoms with Crippen LogP contribution in [0.5, 0.6) is 11.5 Å². The number of rotatable bonds is 18. The maximum atomic E-state index is 14.6. The average Bonchev–Trinajstić information content (AvgIpc) is 2.92. The highest BCUT2D eigenvalue weighted by Gasteiger charge is 2.40. The van der Waals surface area contributed by atoms with Crippen molar-refractivity contribution in [2.24, 2.45) is 5.16 Å². The highest BCUT2D eigenvalue weighted by atomic mass is 32.2. The molecule has 0 heterocycles. The second-order valence-corrected chi connectivity index (χ2v) is 10.8. The first-order chi connectivity index (χ1) is 19.8. The molecule has 0 aromatic heterocycles. The van der Waals surface area contributed by atoms with E-state index in [1.165, 1.54) is 12.8 Å². The van der Waals surface area contributed by atoms with Crippen molar-refractivity contribution in [2.45, 2.75) is 89.1 Å². The summed E-state index contributed by atoms with van der Waals surface area (Å²) < 4.78 is 138. The first-order valence-electron chi connectivity index (χ1n) is 13.7. The Labute approximate surface area is 241 Å². The highest BCUT2D eigenvalue weighted by molar-refractivity contribution is 7.86. The van der Waals surface area contributed by atoms with Crippen molar-refractivity contribution in [3.8, 4) is 11.5 Å². The van der Waals surface area contributed by atoms with E-state index in [9.17, 15) is 39.2 Å². The summed E-state index contributed by atoms with van der Waals surface area (Å²) in [7, 11) is -5.91. The predicted octanol–water partition coefficient (Wildman–Crippen LogP) is 8.61. The number of hydrogen-bond donors (Lipinski definition) is 0. The van der Waals surface area contributed by atoms with Crippen LogP contribution in [-0.2, 0) is 14.4 Å². The van der Waals surface area contributed by atoms with E-state index in [0.717, 1.165) is 62.8 Å². The summed E-state index contributed by atoms with van der Waals surface area (Å²) in [6, 6.07) is 4.03. The van der Waals surface area contributed by atoms with E-state index in [4.69, 9.17) is 9.47 Å².